The fourth-order valence-corrected chi connectivity index (χ4v) is 5.09. The number of hydrogen-bond acceptors (Lipinski definition) is 7. The third-order valence-corrected chi connectivity index (χ3v) is 7.12. The van der Waals surface area contributed by atoms with E-state index in [1.165, 1.54) is 20.6 Å². The summed E-state index contributed by atoms with van der Waals surface area (Å²) in [6, 6.07) is 6.18. The van der Waals surface area contributed by atoms with Crippen LogP contribution in [0.4, 0.5) is 20.1 Å². The number of hydrogen-bond donors (Lipinski definition) is 6. The van der Waals surface area contributed by atoms with Crippen molar-refractivity contribution >= 4 is 29.8 Å². The molecule has 0 aliphatic heterocycles. The molecule has 12 nitrogen and oxygen atoms in total. The van der Waals surface area contributed by atoms with Crippen molar-refractivity contribution in [2.75, 3.05) is 19.6 Å². The molecule has 2 fully saturated rings. The molecule has 2 aliphatic rings. The standard InChI is InChI=1S/C25H38N6O6/c1-36-22(32)18-7-13-21(14-8-18)28-29-23(33)26-19-9-3-16(4-10-19)15-17-5-11-20(12-6-17)27-24(34)30-31-25(35)37-2/h7-8,13-14,16-17,19-20,28H,3-6,9-12,15H2,1-2H3,(H,31,35)(H2,26,29,33)(H2,27,30,34). The Balaban J connectivity index is 1.27. The van der Waals surface area contributed by atoms with Crippen LogP contribution in [0.25, 0.3) is 0 Å². The van der Waals surface area contributed by atoms with Gasteiger partial charge < -0.3 is 20.1 Å². The number of methoxy groups -OCH3 is 2. The molecule has 1 aromatic carbocycles. The van der Waals surface area contributed by atoms with Gasteiger partial charge in [-0.1, -0.05) is 0 Å². The van der Waals surface area contributed by atoms with E-state index in [-0.39, 0.29) is 18.1 Å². The Bertz CT molecular complexity index is 911. The largest absolute Gasteiger partial charge is 0.465 e. The molecule has 0 radical (unpaired) electrons. The summed E-state index contributed by atoms with van der Waals surface area (Å²) in [6.45, 7) is 0. The molecule has 0 bridgehead atoms. The van der Waals surface area contributed by atoms with Gasteiger partial charge in [-0.2, -0.15) is 0 Å². The molecule has 1 aromatic rings. The molecule has 0 spiro atoms. The van der Waals surface area contributed by atoms with Crippen LogP contribution in [0.1, 0.15) is 68.1 Å². The molecule has 6 N–H and O–H groups in total. The van der Waals surface area contributed by atoms with Crippen LogP contribution in [0, 0.1) is 11.8 Å². The average Bonchev–Trinajstić information content (AvgIpc) is 2.92. The molecule has 0 saturated heterocycles. The molecule has 0 unspecified atom stereocenters. The van der Waals surface area contributed by atoms with E-state index in [0.717, 1.165) is 51.4 Å². The van der Waals surface area contributed by atoms with Gasteiger partial charge >= 0.3 is 24.1 Å². The molecular formula is C25H38N6O6. The molecular weight excluding hydrogens is 480 g/mol. The normalized spacial score (nSPS) is 23.1. The fraction of sp³-hybridized carbons (Fsp3) is 0.600. The zero-order chi connectivity index (χ0) is 26.6. The summed E-state index contributed by atoms with van der Waals surface area (Å²) in [6.07, 6.45) is 8.55. The summed E-state index contributed by atoms with van der Waals surface area (Å²) < 4.78 is 9.08. The number of hydrazine groups is 2. The quantitative estimate of drug-likeness (QED) is 0.239. The van der Waals surface area contributed by atoms with Crippen LogP contribution < -0.4 is 32.3 Å². The van der Waals surface area contributed by atoms with Gasteiger partial charge in [0.2, 0.25) is 0 Å². The van der Waals surface area contributed by atoms with Crippen LogP contribution in [0.15, 0.2) is 24.3 Å². The maximum absolute atomic E-state index is 12.3. The average molecular weight is 519 g/mol. The van der Waals surface area contributed by atoms with E-state index in [0.29, 0.717) is 23.1 Å². The second kappa shape index (κ2) is 14.1. The molecule has 2 saturated carbocycles. The number of anilines is 1. The highest BCUT2D eigenvalue weighted by molar-refractivity contribution is 5.89. The second-order valence-corrected chi connectivity index (χ2v) is 9.68. The van der Waals surface area contributed by atoms with Crippen LogP contribution in [-0.4, -0.2) is 50.4 Å². The molecule has 2 aliphatic carbocycles. The summed E-state index contributed by atoms with van der Waals surface area (Å²) in [5.74, 6) is 0.907. The van der Waals surface area contributed by atoms with Crippen molar-refractivity contribution in [2.45, 2.75) is 69.9 Å². The van der Waals surface area contributed by atoms with Gasteiger partial charge in [-0.15, -0.1) is 0 Å². The number of carbonyl (C=O) groups excluding carboxylic acids is 4. The lowest BCUT2D eigenvalue weighted by Crippen LogP contribution is -2.50. The van der Waals surface area contributed by atoms with E-state index in [2.05, 4.69) is 41.8 Å². The zero-order valence-corrected chi connectivity index (χ0v) is 21.4. The maximum atomic E-state index is 12.3. The first-order chi connectivity index (χ1) is 17.9. The lowest BCUT2D eigenvalue weighted by Gasteiger charge is -2.34. The van der Waals surface area contributed by atoms with E-state index in [4.69, 9.17) is 0 Å². The SMILES string of the molecule is COC(=O)NNC(=O)NC1CCC(CC2CCC(NC(=O)NNc3ccc(C(=O)OC)cc3)CC2)CC1. The van der Waals surface area contributed by atoms with Crippen LogP contribution in [-0.2, 0) is 9.47 Å². The summed E-state index contributed by atoms with van der Waals surface area (Å²) in [4.78, 5) is 46.6. The highest BCUT2D eigenvalue weighted by Gasteiger charge is 2.28. The molecule has 37 heavy (non-hydrogen) atoms. The van der Waals surface area contributed by atoms with Crippen molar-refractivity contribution < 1.29 is 28.7 Å². The van der Waals surface area contributed by atoms with Gasteiger partial charge in [0.25, 0.3) is 0 Å². The highest BCUT2D eigenvalue weighted by atomic mass is 16.5. The summed E-state index contributed by atoms with van der Waals surface area (Å²) in [7, 11) is 2.56. The summed E-state index contributed by atoms with van der Waals surface area (Å²) >= 11 is 0. The first-order valence-electron chi connectivity index (χ1n) is 12.8. The Kier molecular flexibility index (Phi) is 10.7. The minimum Gasteiger partial charge on any atom is -0.465 e. The van der Waals surface area contributed by atoms with Crippen LogP contribution in [0.3, 0.4) is 0 Å². The smallest absolute Gasteiger partial charge is 0.425 e. The first-order valence-corrected chi connectivity index (χ1v) is 12.8. The minimum atomic E-state index is -0.718. The predicted molar refractivity (Wildman–Crippen MR) is 136 cm³/mol. The van der Waals surface area contributed by atoms with Crippen LogP contribution in [0.5, 0.6) is 0 Å². The zero-order valence-electron chi connectivity index (χ0n) is 21.4. The van der Waals surface area contributed by atoms with Gasteiger partial charge in [0.05, 0.1) is 25.5 Å². The Labute approximate surface area is 216 Å². The summed E-state index contributed by atoms with van der Waals surface area (Å²) in [5.41, 5.74) is 11.0. The first kappa shape index (κ1) is 27.9. The van der Waals surface area contributed by atoms with E-state index in [9.17, 15) is 19.2 Å². The highest BCUT2D eigenvalue weighted by Crippen LogP contribution is 2.35. The molecule has 12 heteroatoms. The van der Waals surface area contributed by atoms with Gasteiger partial charge in [-0.05, 0) is 93.9 Å². The van der Waals surface area contributed by atoms with E-state index >= 15 is 0 Å². The number of rotatable bonds is 7. The summed E-state index contributed by atoms with van der Waals surface area (Å²) in [5, 5.41) is 5.92. The third-order valence-electron chi connectivity index (χ3n) is 7.12. The number of carbonyl (C=O) groups is 4. The Morgan fingerprint density at radius 1 is 0.703 bits per heavy atom. The maximum Gasteiger partial charge on any atom is 0.425 e. The molecule has 5 amide bonds. The van der Waals surface area contributed by atoms with Crippen molar-refractivity contribution in [3.63, 3.8) is 0 Å². The van der Waals surface area contributed by atoms with Gasteiger partial charge in [-0.3, -0.25) is 10.9 Å². The molecule has 204 valence electrons. The number of nitrogens with one attached hydrogen (secondary N) is 6. The van der Waals surface area contributed by atoms with Crippen molar-refractivity contribution in [3.8, 4) is 0 Å². The third kappa shape index (κ3) is 9.36. The van der Waals surface area contributed by atoms with Crippen molar-refractivity contribution in [1.82, 2.24) is 26.9 Å². The van der Waals surface area contributed by atoms with E-state index < -0.39 is 18.1 Å². The van der Waals surface area contributed by atoms with Gasteiger partial charge in [0, 0.05) is 12.1 Å². The minimum absolute atomic E-state index is 0.105. The van der Waals surface area contributed by atoms with Crippen LogP contribution in [0.2, 0.25) is 0 Å². The number of esters is 1. The Hall–Kier alpha value is -3.70. The number of urea groups is 2. The molecule has 3 rings (SSSR count). The van der Waals surface area contributed by atoms with Crippen molar-refractivity contribution in [2.24, 2.45) is 11.8 Å². The fourth-order valence-electron chi connectivity index (χ4n) is 5.09. The van der Waals surface area contributed by atoms with Gasteiger partial charge in [-0.25, -0.2) is 30.0 Å². The van der Waals surface area contributed by atoms with Crippen LogP contribution >= 0.6 is 0 Å². The van der Waals surface area contributed by atoms with E-state index in [1.807, 2.05) is 0 Å². The van der Waals surface area contributed by atoms with Crippen molar-refractivity contribution in [1.29, 1.82) is 0 Å². The molecule has 0 aromatic heterocycles. The number of ether oxygens (including phenoxy) is 2. The molecule has 0 heterocycles. The topological polar surface area (TPSA) is 159 Å². The van der Waals surface area contributed by atoms with Gasteiger partial charge in [0.1, 0.15) is 0 Å². The van der Waals surface area contributed by atoms with Crippen molar-refractivity contribution in [3.05, 3.63) is 29.8 Å². The van der Waals surface area contributed by atoms with E-state index in [1.54, 1.807) is 24.3 Å². The lowest BCUT2D eigenvalue weighted by atomic mass is 9.76. The Morgan fingerprint density at radius 3 is 1.70 bits per heavy atom. The molecule has 0 atom stereocenters. The monoisotopic (exact) mass is 518 g/mol. The Morgan fingerprint density at radius 2 is 1.22 bits per heavy atom. The number of benzene rings is 1. The number of amides is 5. The lowest BCUT2D eigenvalue weighted by molar-refractivity contribution is 0.0600. The second-order valence-electron chi connectivity index (χ2n) is 9.68. The predicted octanol–water partition coefficient (Wildman–Crippen LogP) is 3.18. The van der Waals surface area contributed by atoms with Gasteiger partial charge in [0.15, 0.2) is 0 Å².